The van der Waals surface area contributed by atoms with Crippen molar-refractivity contribution in [3.05, 3.63) is 59.6 Å². The number of amides is 1. The zero-order chi connectivity index (χ0) is 19.6. The second kappa shape index (κ2) is 7.61. The molecule has 0 radical (unpaired) electrons. The Bertz CT molecular complexity index is 935. The van der Waals surface area contributed by atoms with Crippen LogP contribution in [-0.4, -0.2) is 34.5 Å². The summed E-state index contributed by atoms with van der Waals surface area (Å²) in [6.45, 7) is 10.6. The molecule has 6 nitrogen and oxygen atoms in total. The van der Waals surface area contributed by atoms with Crippen LogP contribution in [0.5, 0.6) is 11.6 Å². The van der Waals surface area contributed by atoms with Crippen LogP contribution in [0.15, 0.2) is 42.8 Å². The lowest BCUT2D eigenvalue weighted by Crippen LogP contribution is -2.21. The standard InChI is InChI=1S/C21H23N3O3/c1-6-8-14(4)24-12-17-19(21(24)25)13(3)9-16(23-17)15-10-18(26-5)20(22-11-15)27-7-2/h6,8-11H,4,7,12H2,1-3,5H3/b8-6-. The zero-order valence-corrected chi connectivity index (χ0v) is 16.1. The van der Waals surface area contributed by atoms with E-state index in [0.29, 0.717) is 36.0 Å². The highest BCUT2D eigenvalue weighted by molar-refractivity contribution is 6.00. The summed E-state index contributed by atoms with van der Waals surface area (Å²) >= 11 is 0. The van der Waals surface area contributed by atoms with Crippen LogP contribution in [0, 0.1) is 6.92 Å². The van der Waals surface area contributed by atoms with Crippen molar-refractivity contribution in [1.82, 2.24) is 14.9 Å². The van der Waals surface area contributed by atoms with E-state index in [-0.39, 0.29) is 5.91 Å². The van der Waals surface area contributed by atoms with Crippen LogP contribution < -0.4 is 9.47 Å². The molecule has 0 aromatic carbocycles. The van der Waals surface area contributed by atoms with E-state index in [0.717, 1.165) is 22.5 Å². The first-order chi connectivity index (χ1) is 13.0. The van der Waals surface area contributed by atoms with Crippen LogP contribution in [-0.2, 0) is 6.54 Å². The third-order valence-electron chi connectivity index (χ3n) is 4.38. The van der Waals surface area contributed by atoms with Crippen molar-refractivity contribution in [2.45, 2.75) is 27.3 Å². The summed E-state index contributed by atoms with van der Waals surface area (Å²) in [4.78, 5) is 23.4. The summed E-state index contributed by atoms with van der Waals surface area (Å²) in [5.41, 5.74) is 4.48. The average Bonchev–Trinajstić information content (AvgIpc) is 2.99. The van der Waals surface area contributed by atoms with E-state index < -0.39 is 0 Å². The summed E-state index contributed by atoms with van der Waals surface area (Å²) in [5, 5.41) is 0. The molecule has 0 atom stereocenters. The highest BCUT2D eigenvalue weighted by atomic mass is 16.5. The van der Waals surface area contributed by atoms with E-state index in [1.165, 1.54) is 0 Å². The van der Waals surface area contributed by atoms with Gasteiger partial charge in [0.25, 0.3) is 11.8 Å². The van der Waals surface area contributed by atoms with Gasteiger partial charge in [-0.05, 0) is 44.5 Å². The summed E-state index contributed by atoms with van der Waals surface area (Å²) in [7, 11) is 1.58. The molecule has 1 amide bonds. The minimum absolute atomic E-state index is 0.0629. The molecule has 0 saturated carbocycles. The van der Waals surface area contributed by atoms with Crippen LogP contribution in [0.4, 0.5) is 0 Å². The molecule has 0 saturated heterocycles. The topological polar surface area (TPSA) is 64.6 Å². The molecule has 3 rings (SSSR count). The molecule has 0 bridgehead atoms. The minimum atomic E-state index is -0.0629. The monoisotopic (exact) mass is 365 g/mol. The zero-order valence-electron chi connectivity index (χ0n) is 16.1. The average molecular weight is 365 g/mol. The van der Waals surface area contributed by atoms with Crippen LogP contribution in [0.1, 0.15) is 35.5 Å². The lowest BCUT2D eigenvalue weighted by Gasteiger charge is -2.14. The highest BCUT2D eigenvalue weighted by Gasteiger charge is 2.31. The number of rotatable bonds is 6. The highest BCUT2D eigenvalue weighted by Crippen LogP contribution is 2.33. The van der Waals surface area contributed by atoms with E-state index in [4.69, 9.17) is 14.5 Å². The van der Waals surface area contributed by atoms with Crippen molar-refractivity contribution in [1.29, 1.82) is 0 Å². The normalized spacial score (nSPS) is 13.2. The fraction of sp³-hybridized carbons (Fsp3) is 0.286. The Morgan fingerprint density at radius 1 is 1.41 bits per heavy atom. The molecule has 2 aromatic rings. The van der Waals surface area contributed by atoms with Gasteiger partial charge in [-0.2, -0.15) is 0 Å². The van der Waals surface area contributed by atoms with Gasteiger partial charge in [0.2, 0.25) is 0 Å². The van der Waals surface area contributed by atoms with Gasteiger partial charge in [0, 0.05) is 17.5 Å². The maximum absolute atomic E-state index is 12.7. The number of aryl methyl sites for hydroxylation is 1. The number of fused-ring (bicyclic) bond motifs is 1. The molecule has 0 spiro atoms. The van der Waals surface area contributed by atoms with Gasteiger partial charge in [-0.25, -0.2) is 4.98 Å². The summed E-state index contributed by atoms with van der Waals surface area (Å²) in [5.74, 6) is 0.936. The van der Waals surface area contributed by atoms with E-state index >= 15 is 0 Å². The first-order valence-corrected chi connectivity index (χ1v) is 8.81. The molecular formula is C21H23N3O3. The van der Waals surface area contributed by atoms with Crippen molar-refractivity contribution in [3.8, 4) is 22.9 Å². The summed E-state index contributed by atoms with van der Waals surface area (Å²) < 4.78 is 10.8. The van der Waals surface area contributed by atoms with Gasteiger partial charge in [-0.15, -0.1) is 0 Å². The summed E-state index contributed by atoms with van der Waals surface area (Å²) in [6, 6.07) is 3.74. The maximum Gasteiger partial charge on any atom is 0.260 e. The third-order valence-corrected chi connectivity index (χ3v) is 4.38. The number of hydrogen-bond acceptors (Lipinski definition) is 5. The lowest BCUT2D eigenvalue weighted by atomic mass is 10.0. The Hall–Kier alpha value is -3.15. The maximum atomic E-state index is 12.7. The number of pyridine rings is 2. The van der Waals surface area contributed by atoms with Gasteiger partial charge in [0.05, 0.1) is 37.2 Å². The third kappa shape index (κ3) is 3.43. The first kappa shape index (κ1) is 18.6. The predicted octanol–water partition coefficient (Wildman–Crippen LogP) is 3.90. The number of nitrogens with zero attached hydrogens (tertiary/aromatic N) is 3. The number of allylic oxidation sites excluding steroid dienone is 2. The van der Waals surface area contributed by atoms with Gasteiger partial charge in [-0.1, -0.05) is 12.7 Å². The quantitative estimate of drug-likeness (QED) is 0.726. The van der Waals surface area contributed by atoms with Gasteiger partial charge < -0.3 is 14.4 Å². The van der Waals surface area contributed by atoms with Gasteiger partial charge in [0.1, 0.15) is 0 Å². The second-order valence-corrected chi connectivity index (χ2v) is 6.19. The van der Waals surface area contributed by atoms with Crippen molar-refractivity contribution in [3.63, 3.8) is 0 Å². The van der Waals surface area contributed by atoms with Crippen molar-refractivity contribution in [2.24, 2.45) is 0 Å². The Labute approximate surface area is 159 Å². The first-order valence-electron chi connectivity index (χ1n) is 8.81. The molecule has 6 heteroatoms. The smallest absolute Gasteiger partial charge is 0.260 e. The SMILES string of the molecule is C=C(/C=C\C)N1Cc2nc(-c3cnc(OCC)c(OC)c3)cc(C)c2C1=O. The van der Waals surface area contributed by atoms with Gasteiger partial charge in [0.15, 0.2) is 5.75 Å². The van der Waals surface area contributed by atoms with E-state index in [1.807, 2.05) is 45.1 Å². The number of hydrogen-bond donors (Lipinski definition) is 0. The summed E-state index contributed by atoms with van der Waals surface area (Å²) in [6.07, 6.45) is 5.39. The molecule has 140 valence electrons. The Kier molecular flexibility index (Phi) is 5.26. The molecule has 27 heavy (non-hydrogen) atoms. The van der Waals surface area contributed by atoms with Crippen LogP contribution in [0.2, 0.25) is 0 Å². The van der Waals surface area contributed by atoms with E-state index in [2.05, 4.69) is 11.6 Å². The Morgan fingerprint density at radius 2 is 2.19 bits per heavy atom. The number of carbonyl (C=O) groups excluding carboxylic acids is 1. The number of aromatic nitrogens is 2. The van der Waals surface area contributed by atoms with Crippen molar-refractivity contribution < 1.29 is 14.3 Å². The molecule has 0 unspecified atom stereocenters. The molecule has 0 N–H and O–H groups in total. The Balaban J connectivity index is 2.00. The number of ether oxygens (including phenoxy) is 2. The Morgan fingerprint density at radius 3 is 2.85 bits per heavy atom. The van der Waals surface area contributed by atoms with E-state index in [1.54, 1.807) is 18.2 Å². The molecule has 0 aliphatic carbocycles. The van der Waals surface area contributed by atoms with Crippen LogP contribution in [0.25, 0.3) is 11.3 Å². The fourth-order valence-electron chi connectivity index (χ4n) is 3.13. The van der Waals surface area contributed by atoms with E-state index in [9.17, 15) is 4.79 Å². The molecule has 2 aromatic heterocycles. The molecule has 3 heterocycles. The van der Waals surface area contributed by atoms with Gasteiger partial charge >= 0.3 is 0 Å². The number of methoxy groups -OCH3 is 1. The van der Waals surface area contributed by atoms with Crippen LogP contribution in [0.3, 0.4) is 0 Å². The predicted molar refractivity (Wildman–Crippen MR) is 104 cm³/mol. The van der Waals surface area contributed by atoms with Gasteiger partial charge in [-0.3, -0.25) is 9.78 Å². The second-order valence-electron chi connectivity index (χ2n) is 6.19. The number of carbonyl (C=O) groups is 1. The lowest BCUT2D eigenvalue weighted by molar-refractivity contribution is 0.0831. The fourth-order valence-corrected chi connectivity index (χ4v) is 3.13. The molecule has 1 aliphatic heterocycles. The van der Waals surface area contributed by atoms with Crippen molar-refractivity contribution >= 4 is 5.91 Å². The minimum Gasteiger partial charge on any atom is -0.491 e. The van der Waals surface area contributed by atoms with Crippen LogP contribution >= 0.6 is 0 Å². The molecule has 0 fully saturated rings. The molecular weight excluding hydrogens is 342 g/mol. The molecule has 1 aliphatic rings. The van der Waals surface area contributed by atoms with Crippen molar-refractivity contribution in [2.75, 3.05) is 13.7 Å². The largest absolute Gasteiger partial charge is 0.491 e.